The second kappa shape index (κ2) is 7.36. The molecular formula is C13H17N7O2S. The highest BCUT2D eigenvalue weighted by Gasteiger charge is 2.24. The van der Waals surface area contributed by atoms with Crippen LogP contribution in [0.4, 0.5) is 0 Å². The number of aryl methyl sites for hydroxylation is 1. The first kappa shape index (κ1) is 15.7. The van der Waals surface area contributed by atoms with Crippen molar-refractivity contribution in [2.24, 2.45) is 7.05 Å². The van der Waals surface area contributed by atoms with Gasteiger partial charge in [0, 0.05) is 45.4 Å². The fourth-order valence-corrected chi connectivity index (χ4v) is 3.05. The van der Waals surface area contributed by atoms with Crippen LogP contribution < -0.4 is 4.74 Å². The van der Waals surface area contributed by atoms with Gasteiger partial charge in [-0.15, -0.1) is 5.10 Å². The van der Waals surface area contributed by atoms with E-state index in [4.69, 9.17) is 4.74 Å². The van der Waals surface area contributed by atoms with Crippen molar-refractivity contribution in [2.45, 2.75) is 24.1 Å². The first-order valence-electron chi connectivity index (χ1n) is 7.28. The lowest BCUT2D eigenvalue weighted by Crippen LogP contribution is -2.42. The molecule has 23 heavy (non-hydrogen) atoms. The first-order chi connectivity index (χ1) is 11.2. The van der Waals surface area contributed by atoms with Crippen LogP contribution >= 0.6 is 11.8 Å². The Morgan fingerprint density at radius 3 is 2.87 bits per heavy atom. The lowest BCUT2D eigenvalue weighted by atomic mass is 10.1. The molecule has 0 bridgehead atoms. The van der Waals surface area contributed by atoms with Crippen LogP contribution in [0.5, 0.6) is 5.88 Å². The van der Waals surface area contributed by atoms with Gasteiger partial charge in [0.05, 0.1) is 11.9 Å². The number of amides is 1. The van der Waals surface area contributed by atoms with Crippen molar-refractivity contribution < 1.29 is 9.53 Å². The highest BCUT2D eigenvalue weighted by molar-refractivity contribution is 7.99. The number of rotatable bonds is 5. The number of carbonyl (C=O) groups excluding carboxylic acids is 1. The Labute approximate surface area is 137 Å². The van der Waals surface area contributed by atoms with Crippen molar-refractivity contribution >= 4 is 17.7 Å². The van der Waals surface area contributed by atoms with Crippen molar-refractivity contribution in [3.8, 4) is 5.88 Å². The summed E-state index contributed by atoms with van der Waals surface area (Å²) in [7, 11) is 1.75. The van der Waals surface area contributed by atoms with Gasteiger partial charge in [-0.3, -0.25) is 9.78 Å². The predicted octanol–water partition coefficient (Wildman–Crippen LogP) is 0.162. The summed E-state index contributed by atoms with van der Waals surface area (Å²) in [6.45, 7) is 1.36. The van der Waals surface area contributed by atoms with E-state index in [0.29, 0.717) is 29.9 Å². The molecule has 3 heterocycles. The average Bonchev–Trinajstić information content (AvgIpc) is 2.99. The zero-order valence-electron chi connectivity index (χ0n) is 12.7. The Balaban J connectivity index is 1.43. The molecule has 1 aliphatic rings. The number of piperidine rings is 1. The van der Waals surface area contributed by atoms with Crippen LogP contribution in [0.2, 0.25) is 0 Å². The normalized spacial score (nSPS) is 15.6. The maximum Gasteiger partial charge on any atom is 0.233 e. The molecule has 1 fully saturated rings. The number of aromatic nitrogens is 6. The molecule has 2 aromatic rings. The molecule has 1 aliphatic heterocycles. The highest BCUT2D eigenvalue weighted by Crippen LogP contribution is 2.18. The molecule has 3 rings (SSSR count). The minimum absolute atomic E-state index is 0.0753. The van der Waals surface area contributed by atoms with Gasteiger partial charge >= 0.3 is 0 Å². The van der Waals surface area contributed by atoms with E-state index >= 15 is 0 Å². The molecule has 1 amide bonds. The fraction of sp³-hybridized carbons (Fsp3) is 0.538. The van der Waals surface area contributed by atoms with Crippen molar-refractivity contribution in [3.63, 3.8) is 0 Å². The summed E-state index contributed by atoms with van der Waals surface area (Å²) < 4.78 is 7.33. The summed E-state index contributed by atoms with van der Waals surface area (Å²) in [5.74, 6) is 0.961. The first-order valence-corrected chi connectivity index (χ1v) is 8.26. The topological polar surface area (TPSA) is 98.9 Å². The van der Waals surface area contributed by atoms with Gasteiger partial charge in [-0.05, 0) is 10.4 Å². The summed E-state index contributed by atoms with van der Waals surface area (Å²) in [5, 5.41) is 11.8. The Bertz CT molecular complexity index is 643. The van der Waals surface area contributed by atoms with Crippen LogP contribution in [0, 0.1) is 0 Å². The zero-order chi connectivity index (χ0) is 16.1. The molecule has 9 nitrogen and oxygen atoms in total. The Morgan fingerprint density at radius 2 is 2.22 bits per heavy atom. The average molecular weight is 335 g/mol. The van der Waals surface area contributed by atoms with Crippen LogP contribution in [0.15, 0.2) is 23.7 Å². The van der Waals surface area contributed by atoms with Crippen molar-refractivity contribution in [1.29, 1.82) is 0 Å². The molecule has 0 saturated carbocycles. The quantitative estimate of drug-likeness (QED) is 0.713. The largest absolute Gasteiger partial charge is 0.473 e. The molecule has 0 radical (unpaired) electrons. The van der Waals surface area contributed by atoms with Crippen molar-refractivity contribution in [1.82, 2.24) is 35.1 Å². The van der Waals surface area contributed by atoms with E-state index in [9.17, 15) is 4.79 Å². The number of hydrogen-bond acceptors (Lipinski definition) is 8. The summed E-state index contributed by atoms with van der Waals surface area (Å²) >= 11 is 1.35. The van der Waals surface area contributed by atoms with Crippen molar-refractivity contribution in [3.05, 3.63) is 18.6 Å². The van der Waals surface area contributed by atoms with Gasteiger partial charge in [0.2, 0.25) is 16.9 Å². The van der Waals surface area contributed by atoms with Gasteiger partial charge in [-0.25, -0.2) is 9.67 Å². The molecule has 1 saturated heterocycles. The van der Waals surface area contributed by atoms with E-state index in [1.165, 1.54) is 11.8 Å². The van der Waals surface area contributed by atoms with E-state index in [0.717, 1.165) is 12.8 Å². The fourth-order valence-electron chi connectivity index (χ4n) is 2.30. The third-order valence-electron chi connectivity index (χ3n) is 3.53. The van der Waals surface area contributed by atoms with Crippen LogP contribution in [-0.2, 0) is 11.8 Å². The minimum Gasteiger partial charge on any atom is -0.473 e. The molecule has 0 spiro atoms. The van der Waals surface area contributed by atoms with Gasteiger partial charge in [-0.1, -0.05) is 11.8 Å². The lowest BCUT2D eigenvalue weighted by molar-refractivity contribution is -0.130. The molecule has 0 atom stereocenters. The van der Waals surface area contributed by atoms with Crippen LogP contribution in [0.25, 0.3) is 0 Å². The predicted molar refractivity (Wildman–Crippen MR) is 81.8 cm³/mol. The van der Waals surface area contributed by atoms with Crippen LogP contribution in [0.3, 0.4) is 0 Å². The SMILES string of the molecule is Cn1nnnc1SCC(=O)N1CCC(Oc2cnccn2)CC1. The second-order valence-electron chi connectivity index (χ2n) is 5.12. The number of hydrogen-bond donors (Lipinski definition) is 0. The summed E-state index contributed by atoms with van der Waals surface area (Å²) in [6, 6.07) is 0. The number of tetrazole rings is 1. The highest BCUT2D eigenvalue weighted by atomic mass is 32.2. The van der Waals surface area contributed by atoms with Crippen molar-refractivity contribution in [2.75, 3.05) is 18.8 Å². The van der Waals surface area contributed by atoms with Gasteiger partial charge in [0.15, 0.2) is 0 Å². The molecule has 0 aromatic carbocycles. The molecular weight excluding hydrogens is 318 g/mol. The molecule has 0 N–H and O–H groups in total. The third-order valence-corrected chi connectivity index (χ3v) is 4.52. The van der Waals surface area contributed by atoms with Gasteiger partial charge < -0.3 is 9.64 Å². The van der Waals surface area contributed by atoms with E-state index in [1.807, 2.05) is 4.90 Å². The Morgan fingerprint density at radius 1 is 1.39 bits per heavy atom. The maximum atomic E-state index is 12.2. The molecule has 0 aliphatic carbocycles. The Hall–Kier alpha value is -2.23. The van der Waals surface area contributed by atoms with E-state index in [2.05, 4.69) is 25.5 Å². The summed E-state index contributed by atoms with van der Waals surface area (Å²) in [5.41, 5.74) is 0. The molecule has 2 aromatic heterocycles. The third kappa shape index (κ3) is 4.15. The summed E-state index contributed by atoms with van der Waals surface area (Å²) in [6.07, 6.45) is 6.47. The number of nitrogens with zero attached hydrogens (tertiary/aromatic N) is 7. The maximum absolute atomic E-state index is 12.2. The Kier molecular flexibility index (Phi) is 5.01. The van der Waals surface area contributed by atoms with E-state index in [-0.39, 0.29) is 12.0 Å². The standard InChI is InChI=1S/C13H17N7O2S/c1-19-13(16-17-18-19)23-9-12(21)20-6-2-10(3-7-20)22-11-8-14-4-5-15-11/h4-5,8,10H,2-3,6-7,9H2,1H3. The lowest BCUT2D eigenvalue weighted by Gasteiger charge is -2.31. The molecule has 122 valence electrons. The molecule has 0 unspecified atom stereocenters. The van der Waals surface area contributed by atoms with Gasteiger partial charge in [-0.2, -0.15) is 0 Å². The van der Waals surface area contributed by atoms with Gasteiger partial charge in [0.25, 0.3) is 0 Å². The zero-order valence-corrected chi connectivity index (χ0v) is 13.5. The number of carbonyl (C=O) groups is 1. The number of likely N-dealkylation sites (tertiary alicyclic amines) is 1. The monoisotopic (exact) mass is 335 g/mol. The van der Waals surface area contributed by atoms with Gasteiger partial charge in [0.1, 0.15) is 6.10 Å². The van der Waals surface area contributed by atoms with E-state index in [1.54, 1.807) is 30.3 Å². The van der Waals surface area contributed by atoms with Crippen LogP contribution in [0.1, 0.15) is 12.8 Å². The number of ether oxygens (including phenoxy) is 1. The minimum atomic E-state index is 0.0753. The second-order valence-corrected chi connectivity index (χ2v) is 6.06. The van der Waals surface area contributed by atoms with E-state index < -0.39 is 0 Å². The molecule has 10 heteroatoms. The van der Waals surface area contributed by atoms with Crippen LogP contribution in [-0.4, -0.2) is 65.9 Å². The smallest absolute Gasteiger partial charge is 0.233 e. The summed E-state index contributed by atoms with van der Waals surface area (Å²) in [4.78, 5) is 22.2. The number of thioether (sulfide) groups is 1.